The maximum Gasteiger partial charge on any atom is 0.343 e. The van der Waals surface area contributed by atoms with Crippen LogP contribution in [0.25, 0.3) is 0 Å². The normalized spacial score (nSPS) is 19.3. The molecule has 7 nitrogen and oxygen atoms in total. The van der Waals surface area contributed by atoms with Crippen molar-refractivity contribution in [1.29, 1.82) is 0 Å². The van der Waals surface area contributed by atoms with Crippen LogP contribution in [0.15, 0.2) is 24.3 Å². The number of carbonyl (C=O) groups is 2. The molecule has 0 unspecified atom stereocenters. The van der Waals surface area contributed by atoms with Crippen LogP contribution in [0.4, 0.5) is 0 Å². The van der Waals surface area contributed by atoms with Gasteiger partial charge in [0, 0.05) is 13.1 Å². The number of morpholine rings is 1. The first kappa shape index (κ1) is 21.3. The Balaban J connectivity index is 1.64. The average molecular weight is 420 g/mol. The second kappa shape index (κ2) is 8.97. The van der Waals surface area contributed by atoms with Gasteiger partial charge in [-0.25, -0.2) is 9.48 Å². The number of aryl methyl sites for hydroxylation is 2. The van der Waals surface area contributed by atoms with Crippen molar-refractivity contribution in [2.45, 2.75) is 46.4 Å². The first-order chi connectivity index (χ1) is 13.7. The van der Waals surface area contributed by atoms with Gasteiger partial charge in [0.2, 0.25) is 0 Å². The Hall–Kier alpha value is -2.38. The largest absolute Gasteiger partial charge is 0.452 e. The zero-order chi connectivity index (χ0) is 21.1. The monoisotopic (exact) mass is 419 g/mol. The van der Waals surface area contributed by atoms with E-state index in [-0.39, 0.29) is 35.4 Å². The molecule has 1 aliphatic heterocycles. The van der Waals surface area contributed by atoms with Crippen LogP contribution in [0.2, 0.25) is 5.15 Å². The van der Waals surface area contributed by atoms with E-state index < -0.39 is 5.97 Å². The van der Waals surface area contributed by atoms with E-state index in [9.17, 15) is 9.59 Å². The summed E-state index contributed by atoms with van der Waals surface area (Å²) in [5.41, 5.74) is 2.84. The second-order valence-electron chi connectivity index (χ2n) is 7.53. The Morgan fingerprint density at radius 2 is 1.79 bits per heavy atom. The quantitative estimate of drug-likeness (QED) is 0.696. The number of hydrogen-bond acceptors (Lipinski definition) is 5. The topological polar surface area (TPSA) is 73.7 Å². The van der Waals surface area contributed by atoms with Crippen LogP contribution in [0.3, 0.4) is 0 Å². The Morgan fingerprint density at radius 1 is 1.17 bits per heavy atom. The van der Waals surface area contributed by atoms with E-state index in [2.05, 4.69) is 5.10 Å². The van der Waals surface area contributed by atoms with Gasteiger partial charge < -0.3 is 14.4 Å². The molecule has 8 heteroatoms. The van der Waals surface area contributed by atoms with Crippen LogP contribution in [0, 0.1) is 13.8 Å². The molecule has 2 heterocycles. The van der Waals surface area contributed by atoms with Gasteiger partial charge in [-0.15, -0.1) is 0 Å². The molecule has 0 aliphatic carbocycles. The van der Waals surface area contributed by atoms with Crippen LogP contribution in [0.5, 0.6) is 0 Å². The van der Waals surface area contributed by atoms with Gasteiger partial charge in [-0.3, -0.25) is 4.79 Å². The molecule has 0 saturated carbocycles. The fourth-order valence-corrected chi connectivity index (χ4v) is 3.74. The molecule has 156 valence electrons. The Morgan fingerprint density at radius 3 is 2.41 bits per heavy atom. The minimum atomic E-state index is -0.648. The first-order valence-electron chi connectivity index (χ1n) is 9.63. The number of nitrogens with zero attached hydrogens (tertiary/aromatic N) is 3. The lowest BCUT2D eigenvalue weighted by Crippen LogP contribution is -2.49. The van der Waals surface area contributed by atoms with Gasteiger partial charge in [-0.2, -0.15) is 5.10 Å². The van der Waals surface area contributed by atoms with Crippen LogP contribution in [-0.4, -0.2) is 58.5 Å². The van der Waals surface area contributed by atoms with Crippen molar-refractivity contribution in [3.05, 3.63) is 51.8 Å². The SMILES string of the molecule is Cc1ccc(Cn2nc(C)c(C(=O)OCC(=O)N3C[C@@H](C)O[C@H](C)C3)c2Cl)cc1. The standard InChI is InChI=1S/C21H26ClN3O4/c1-13-5-7-17(8-6-13)11-25-20(22)19(16(4)23-25)21(27)28-12-18(26)24-9-14(2)29-15(3)10-24/h5-8,14-15H,9-12H2,1-4H3/t14-,15-/m1/s1. The van der Waals surface area contributed by atoms with Crippen molar-refractivity contribution < 1.29 is 19.1 Å². The molecule has 0 radical (unpaired) electrons. The molecule has 3 rings (SSSR count). The third kappa shape index (κ3) is 5.16. The molecule has 1 amide bonds. The van der Waals surface area contributed by atoms with Crippen molar-refractivity contribution in [3.8, 4) is 0 Å². The Labute approximate surface area is 175 Å². The van der Waals surface area contributed by atoms with Crippen LogP contribution >= 0.6 is 11.6 Å². The van der Waals surface area contributed by atoms with E-state index in [0.29, 0.717) is 25.3 Å². The van der Waals surface area contributed by atoms with E-state index >= 15 is 0 Å². The van der Waals surface area contributed by atoms with E-state index in [1.54, 1.807) is 16.5 Å². The molecule has 2 aromatic rings. The molecule has 1 aliphatic rings. The zero-order valence-electron chi connectivity index (χ0n) is 17.1. The molecular formula is C21H26ClN3O4. The summed E-state index contributed by atoms with van der Waals surface area (Å²) in [6.45, 7) is 8.60. The number of aromatic nitrogens is 2. The highest BCUT2D eigenvalue weighted by Gasteiger charge is 2.28. The fourth-order valence-electron chi connectivity index (χ4n) is 3.43. The molecule has 0 bridgehead atoms. The van der Waals surface area contributed by atoms with Crippen molar-refractivity contribution in [3.63, 3.8) is 0 Å². The highest BCUT2D eigenvalue weighted by molar-refractivity contribution is 6.32. The predicted molar refractivity (Wildman–Crippen MR) is 109 cm³/mol. The molecule has 1 saturated heterocycles. The number of carbonyl (C=O) groups excluding carboxylic acids is 2. The first-order valence-corrected chi connectivity index (χ1v) is 10.0. The van der Waals surface area contributed by atoms with Crippen LogP contribution < -0.4 is 0 Å². The number of rotatable bonds is 5. The third-order valence-electron chi connectivity index (χ3n) is 4.82. The summed E-state index contributed by atoms with van der Waals surface area (Å²) < 4.78 is 12.4. The molecule has 1 aromatic heterocycles. The Bertz CT molecular complexity index is 884. The minimum Gasteiger partial charge on any atom is -0.452 e. The van der Waals surface area contributed by atoms with Crippen LogP contribution in [0.1, 0.15) is 41.0 Å². The summed E-state index contributed by atoms with van der Waals surface area (Å²) in [7, 11) is 0. The highest BCUT2D eigenvalue weighted by atomic mass is 35.5. The third-order valence-corrected chi connectivity index (χ3v) is 5.21. The number of halogens is 1. The summed E-state index contributed by atoms with van der Waals surface area (Å²) in [4.78, 5) is 26.6. The van der Waals surface area contributed by atoms with Crippen molar-refractivity contribution in [2.75, 3.05) is 19.7 Å². The number of ether oxygens (including phenoxy) is 2. The van der Waals surface area contributed by atoms with Gasteiger partial charge in [-0.1, -0.05) is 41.4 Å². The molecule has 1 fully saturated rings. The van der Waals surface area contributed by atoms with Gasteiger partial charge in [0.05, 0.1) is 24.4 Å². The van der Waals surface area contributed by atoms with Crippen molar-refractivity contribution in [2.24, 2.45) is 0 Å². The predicted octanol–water partition coefficient (Wildman–Crippen LogP) is 2.99. The van der Waals surface area contributed by atoms with Gasteiger partial charge in [0.15, 0.2) is 6.61 Å². The lowest BCUT2D eigenvalue weighted by atomic mass is 10.1. The highest BCUT2D eigenvalue weighted by Crippen LogP contribution is 2.22. The van der Waals surface area contributed by atoms with E-state index in [1.165, 1.54) is 0 Å². The maximum absolute atomic E-state index is 12.6. The minimum absolute atomic E-state index is 0.0462. The molecule has 2 atom stereocenters. The molecule has 0 spiro atoms. The van der Waals surface area contributed by atoms with E-state index in [0.717, 1.165) is 11.1 Å². The maximum atomic E-state index is 12.6. The lowest BCUT2D eigenvalue weighted by molar-refractivity contribution is -0.146. The van der Waals surface area contributed by atoms with Gasteiger partial charge >= 0.3 is 5.97 Å². The van der Waals surface area contributed by atoms with Gasteiger partial charge in [-0.05, 0) is 33.3 Å². The summed E-state index contributed by atoms with van der Waals surface area (Å²) in [5, 5.41) is 4.56. The van der Waals surface area contributed by atoms with Gasteiger partial charge in [0.1, 0.15) is 10.7 Å². The van der Waals surface area contributed by atoms with E-state index in [4.69, 9.17) is 21.1 Å². The fraction of sp³-hybridized carbons (Fsp3) is 0.476. The van der Waals surface area contributed by atoms with Crippen molar-refractivity contribution >= 4 is 23.5 Å². The number of amides is 1. The van der Waals surface area contributed by atoms with Crippen molar-refractivity contribution in [1.82, 2.24) is 14.7 Å². The second-order valence-corrected chi connectivity index (χ2v) is 7.88. The summed E-state index contributed by atoms with van der Waals surface area (Å²) in [6.07, 6.45) is -0.0924. The van der Waals surface area contributed by atoms with Crippen LogP contribution in [-0.2, 0) is 20.8 Å². The average Bonchev–Trinajstić information content (AvgIpc) is 2.94. The molecule has 29 heavy (non-hydrogen) atoms. The smallest absolute Gasteiger partial charge is 0.343 e. The summed E-state index contributed by atoms with van der Waals surface area (Å²) >= 11 is 6.40. The summed E-state index contributed by atoms with van der Waals surface area (Å²) in [5.74, 6) is -0.897. The summed E-state index contributed by atoms with van der Waals surface area (Å²) in [6, 6.07) is 7.99. The lowest BCUT2D eigenvalue weighted by Gasteiger charge is -2.35. The number of esters is 1. The Kier molecular flexibility index (Phi) is 6.59. The molecule has 0 N–H and O–H groups in total. The van der Waals surface area contributed by atoms with Gasteiger partial charge in [0.25, 0.3) is 5.91 Å². The van der Waals surface area contributed by atoms with E-state index in [1.807, 2.05) is 45.0 Å². The number of benzene rings is 1. The zero-order valence-corrected chi connectivity index (χ0v) is 17.9. The molecule has 1 aromatic carbocycles. The number of hydrogen-bond donors (Lipinski definition) is 0. The molecular weight excluding hydrogens is 394 g/mol.